The third kappa shape index (κ3) is 2.10. The Kier molecular flexibility index (Phi) is 3.28. The van der Waals surface area contributed by atoms with Crippen LogP contribution in [0.15, 0.2) is 35.7 Å². The van der Waals surface area contributed by atoms with E-state index >= 15 is 0 Å². The fourth-order valence-electron chi connectivity index (χ4n) is 2.39. The van der Waals surface area contributed by atoms with Crippen molar-refractivity contribution >= 4 is 28.9 Å². The van der Waals surface area contributed by atoms with Gasteiger partial charge in [0.1, 0.15) is 0 Å². The summed E-state index contributed by atoms with van der Waals surface area (Å²) in [5.74, 6) is -0.333. The van der Waals surface area contributed by atoms with Crippen LogP contribution in [0.4, 0.5) is 5.69 Å². The van der Waals surface area contributed by atoms with Gasteiger partial charge >= 0.3 is 5.97 Å². The van der Waals surface area contributed by atoms with Crippen molar-refractivity contribution in [3.05, 3.63) is 51.7 Å². The van der Waals surface area contributed by atoms with Gasteiger partial charge in [-0.15, -0.1) is 11.3 Å². The predicted molar refractivity (Wildman–Crippen MR) is 77.5 cm³/mol. The summed E-state index contributed by atoms with van der Waals surface area (Å²) in [7, 11) is 1.36. The first-order chi connectivity index (χ1) is 9.70. The van der Waals surface area contributed by atoms with E-state index in [-0.39, 0.29) is 11.9 Å². The first kappa shape index (κ1) is 12.9. The molecule has 0 radical (unpaired) electrons. The van der Waals surface area contributed by atoms with Gasteiger partial charge in [-0.2, -0.15) is 0 Å². The van der Waals surface area contributed by atoms with Crippen molar-refractivity contribution in [2.24, 2.45) is 0 Å². The molecule has 1 aliphatic heterocycles. The molecule has 1 aliphatic rings. The van der Waals surface area contributed by atoms with Crippen molar-refractivity contribution in [2.45, 2.75) is 6.42 Å². The van der Waals surface area contributed by atoms with Crippen LogP contribution in [0.5, 0.6) is 0 Å². The number of fused-ring (bicyclic) bond motifs is 1. The van der Waals surface area contributed by atoms with Crippen LogP contribution in [-0.4, -0.2) is 25.5 Å². The Balaban J connectivity index is 1.91. The van der Waals surface area contributed by atoms with Gasteiger partial charge in [0, 0.05) is 12.2 Å². The normalized spacial score (nSPS) is 13.2. The maximum absolute atomic E-state index is 12.4. The molecule has 0 saturated heterocycles. The quantitative estimate of drug-likeness (QED) is 0.798. The minimum absolute atomic E-state index is 0.0181. The Hall–Kier alpha value is -2.14. The molecule has 1 amide bonds. The Labute approximate surface area is 120 Å². The number of esters is 1. The number of carbonyl (C=O) groups is 2. The number of thiophene rings is 1. The number of anilines is 1. The molecule has 0 spiro atoms. The van der Waals surface area contributed by atoms with E-state index in [0.717, 1.165) is 22.5 Å². The smallest absolute Gasteiger partial charge is 0.337 e. The zero-order valence-electron chi connectivity index (χ0n) is 11.0. The Morgan fingerprint density at radius 2 is 2.15 bits per heavy atom. The maximum Gasteiger partial charge on any atom is 0.337 e. The van der Waals surface area contributed by atoms with E-state index in [1.807, 2.05) is 29.6 Å². The van der Waals surface area contributed by atoms with E-state index < -0.39 is 0 Å². The second-order valence-corrected chi connectivity index (χ2v) is 5.47. The third-order valence-electron chi connectivity index (χ3n) is 3.37. The fourth-order valence-corrected chi connectivity index (χ4v) is 3.06. The van der Waals surface area contributed by atoms with Gasteiger partial charge in [0.15, 0.2) is 0 Å². The standard InChI is InChI=1S/C15H13NO3S/c1-19-15(18)11-4-5-12-10(9-11)6-7-16(12)14(17)13-3-2-8-20-13/h2-5,8-9H,6-7H2,1H3. The fraction of sp³-hybridized carbons (Fsp3) is 0.200. The highest BCUT2D eigenvalue weighted by molar-refractivity contribution is 7.12. The third-order valence-corrected chi connectivity index (χ3v) is 4.23. The molecule has 0 saturated carbocycles. The molecule has 0 N–H and O–H groups in total. The van der Waals surface area contributed by atoms with E-state index in [1.54, 1.807) is 11.0 Å². The Morgan fingerprint density at radius 3 is 2.85 bits per heavy atom. The highest BCUT2D eigenvalue weighted by Gasteiger charge is 2.26. The summed E-state index contributed by atoms with van der Waals surface area (Å²) in [6.45, 7) is 0.649. The summed E-state index contributed by atoms with van der Waals surface area (Å²) in [4.78, 5) is 26.4. The van der Waals surface area contributed by atoms with E-state index in [2.05, 4.69) is 0 Å². The van der Waals surface area contributed by atoms with E-state index in [9.17, 15) is 9.59 Å². The molecular formula is C15H13NO3S. The largest absolute Gasteiger partial charge is 0.465 e. The van der Waals surface area contributed by atoms with Gasteiger partial charge in [-0.25, -0.2) is 4.79 Å². The van der Waals surface area contributed by atoms with Crippen molar-refractivity contribution in [3.8, 4) is 0 Å². The van der Waals surface area contributed by atoms with Crippen molar-refractivity contribution in [1.29, 1.82) is 0 Å². The van der Waals surface area contributed by atoms with Crippen LogP contribution in [0.2, 0.25) is 0 Å². The number of hydrogen-bond acceptors (Lipinski definition) is 4. The summed E-state index contributed by atoms with van der Waals surface area (Å²) in [6, 6.07) is 9.02. The average molecular weight is 287 g/mol. The average Bonchev–Trinajstić information content (AvgIpc) is 3.14. The van der Waals surface area contributed by atoms with Gasteiger partial charge < -0.3 is 9.64 Å². The molecule has 102 valence electrons. The summed E-state index contributed by atoms with van der Waals surface area (Å²) in [6.07, 6.45) is 0.761. The highest BCUT2D eigenvalue weighted by atomic mass is 32.1. The molecule has 0 atom stereocenters. The molecule has 1 aromatic carbocycles. The minimum Gasteiger partial charge on any atom is -0.465 e. The Morgan fingerprint density at radius 1 is 1.30 bits per heavy atom. The van der Waals surface area contributed by atoms with Crippen molar-refractivity contribution in [3.63, 3.8) is 0 Å². The van der Waals surface area contributed by atoms with E-state index in [1.165, 1.54) is 18.4 Å². The number of carbonyl (C=O) groups excluding carboxylic acids is 2. The monoisotopic (exact) mass is 287 g/mol. The lowest BCUT2D eigenvalue weighted by Gasteiger charge is -2.16. The number of hydrogen-bond donors (Lipinski definition) is 0. The van der Waals surface area contributed by atoms with E-state index in [0.29, 0.717) is 12.1 Å². The minimum atomic E-state index is -0.351. The molecular weight excluding hydrogens is 274 g/mol. The van der Waals surface area contributed by atoms with Gasteiger partial charge in [-0.1, -0.05) is 6.07 Å². The van der Waals surface area contributed by atoms with Gasteiger partial charge in [-0.05, 0) is 41.6 Å². The number of benzene rings is 1. The molecule has 0 fully saturated rings. The number of ether oxygens (including phenoxy) is 1. The zero-order chi connectivity index (χ0) is 14.1. The second-order valence-electron chi connectivity index (χ2n) is 4.52. The molecule has 3 rings (SSSR count). The number of nitrogens with zero attached hydrogens (tertiary/aromatic N) is 1. The summed E-state index contributed by atoms with van der Waals surface area (Å²) < 4.78 is 4.71. The topological polar surface area (TPSA) is 46.6 Å². The summed E-state index contributed by atoms with van der Waals surface area (Å²) >= 11 is 1.44. The summed E-state index contributed by atoms with van der Waals surface area (Å²) in [5.41, 5.74) is 2.42. The molecule has 2 aromatic rings. The first-order valence-corrected chi connectivity index (χ1v) is 7.15. The lowest BCUT2D eigenvalue weighted by molar-refractivity contribution is 0.0600. The highest BCUT2D eigenvalue weighted by Crippen LogP contribution is 2.31. The molecule has 5 heteroatoms. The van der Waals surface area contributed by atoms with Crippen molar-refractivity contribution < 1.29 is 14.3 Å². The molecule has 1 aromatic heterocycles. The van der Waals surface area contributed by atoms with Crippen LogP contribution in [-0.2, 0) is 11.2 Å². The van der Waals surface area contributed by atoms with Crippen LogP contribution in [0.25, 0.3) is 0 Å². The lowest BCUT2D eigenvalue weighted by Crippen LogP contribution is -2.28. The van der Waals surface area contributed by atoms with Crippen molar-refractivity contribution in [1.82, 2.24) is 0 Å². The molecule has 0 unspecified atom stereocenters. The zero-order valence-corrected chi connectivity index (χ0v) is 11.8. The Bertz CT molecular complexity index is 664. The van der Waals surface area contributed by atoms with Crippen LogP contribution in [0, 0.1) is 0 Å². The number of rotatable bonds is 2. The van der Waals surface area contributed by atoms with Crippen LogP contribution >= 0.6 is 11.3 Å². The lowest BCUT2D eigenvalue weighted by atomic mass is 10.1. The van der Waals surface area contributed by atoms with Crippen LogP contribution in [0.3, 0.4) is 0 Å². The molecule has 0 aliphatic carbocycles. The summed E-state index contributed by atoms with van der Waals surface area (Å²) in [5, 5.41) is 1.89. The maximum atomic E-state index is 12.4. The van der Waals surface area contributed by atoms with Crippen LogP contribution < -0.4 is 4.90 Å². The van der Waals surface area contributed by atoms with Gasteiger partial charge in [0.2, 0.25) is 0 Å². The first-order valence-electron chi connectivity index (χ1n) is 6.27. The van der Waals surface area contributed by atoms with E-state index in [4.69, 9.17) is 4.74 Å². The predicted octanol–water partition coefficient (Wildman–Crippen LogP) is 2.74. The van der Waals surface area contributed by atoms with Gasteiger partial charge in [0.25, 0.3) is 5.91 Å². The molecule has 0 bridgehead atoms. The molecule has 2 heterocycles. The SMILES string of the molecule is COC(=O)c1ccc2c(c1)CCN2C(=O)c1cccs1. The van der Waals surface area contributed by atoms with Crippen LogP contribution in [0.1, 0.15) is 25.6 Å². The number of methoxy groups -OCH3 is 1. The van der Waals surface area contributed by atoms with Gasteiger partial charge in [0.05, 0.1) is 17.6 Å². The van der Waals surface area contributed by atoms with Crippen molar-refractivity contribution in [2.75, 3.05) is 18.6 Å². The number of amides is 1. The molecule has 4 nitrogen and oxygen atoms in total. The van der Waals surface area contributed by atoms with Gasteiger partial charge in [-0.3, -0.25) is 4.79 Å². The molecule has 20 heavy (non-hydrogen) atoms. The second kappa shape index (κ2) is 5.09.